The highest BCUT2D eigenvalue weighted by Gasteiger charge is 2.17. The molecule has 0 atom stereocenters. The van der Waals surface area contributed by atoms with E-state index in [0.717, 1.165) is 17.8 Å². The molecule has 0 saturated heterocycles. The summed E-state index contributed by atoms with van der Waals surface area (Å²) >= 11 is 0. The van der Waals surface area contributed by atoms with Gasteiger partial charge in [-0.25, -0.2) is 0 Å². The molecule has 0 aromatic heterocycles. The quantitative estimate of drug-likeness (QED) is 0.626. The van der Waals surface area contributed by atoms with Crippen molar-refractivity contribution in [2.45, 2.75) is 13.8 Å². The van der Waals surface area contributed by atoms with Crippen LogP contribution in [0.4, 0.5) is 0 Å². The van der Waals surface area contributed by atoms with E-state index in [-0.39, 0.29) is 0 Å². The number of likely N-dealkylation sites (N-methyl/N-ethyl adjacent to an activating group) is 1. The Labute approximate surface area is 81.8 Å². The Balaban J connectivity index is 0.000000671. The van der Waals surface area contributed by atoms with Gasteiger partial charge in [0.2, 0.25) is 0 Å². The minimum Gasteiger partial charge on any atom is -0.370 e. The lowest BCUT2D eigenvalue weighted by Gasteiger charge is -2.11. The van der Waals surface area contributed by atoms with Crippen LogP contribution in [0.1, 0.15) is 13.8 Å². The molecule has 0 amide bonds. The molecular weight excluding hydrogens is 158 g/mol. The van der Waals surface area contributed by atoms with Gasteiger partial charge < -0.3 is 4.90 Å². The van der Waals surface area contributed by atoms with E-state index in [1.165, 1.54) is 5.57 Å². The molecule has 0 aromatic carbocycles. The Bertz CT molecular complexity index is 246. The summed E-state index contributed by atoms with van der Waals surface area (Å²) in [5.41, 5.74) is 3.38. The van der Waals surface area contributed by atoms with Crippen LogP contribution in [0.2, 0.25) is 0 Å². The zero-order valence-electron chi connectivity index (χ0n) is 8.93. The van der Waals surface area contributed by atoms with Crippen molar-refractivity contribution < 1.29 is 0 Å². The predicted octanol–water partition coefficient (Wildman–Crippen LogP) is 3.14. The normalized spacial score (nSPS) is 15.3. The van der Waals surface area contributed by atoms with Crippen LogP contribution < -0.4 is 0 Å². The second-order valence-electron chi connectivity index (χ2n) is 2.65. The zero-order chi connectivity index (χ0) is 10.4. The third-order valence-corrected chi connectivity index (χ3v) is 1.98. The Kier molecular flexibility index (Phi) is 4.90. The number of hydrogen-bond acceptors (Lipinski definition) is 1. The van der Waals surface area contributed by atoms with Gasteiger partial charge in [0.25, 0.3) is 0 Å². The van der Waals surface area contributed by atoms with Crippen molar-refractivity contribution in [2.75, 3.05) is 13.6 Å². The van der Waals surface area contributed by atoms with Crippen LogP contribution in [-0.4, -0.2) is 18.5 Å². The van der Waals surface area contributed by atoms with Gasteiger partial charge in [-0.2, -0.15) is 0 Å². The molecule has 0 unspecified atom stereocenters. The van der Waals surface area contributed by atoms with Crippen molar-refractivity contribution >= 4 is 0 Å². The molecule has 1 heteroatoms. The van der Waals surface area contributed by atoms with E-state index < -0.39 is 0 Å². The van der Waals surface area contributed by atoms with Gasteiger partial charge in [0.15, 0.2) is 0 Å². The fraction of sp³-hybridized carbons (Fsp3) is 0.333. The molecule has 0 spiro atoms. The van der Waals surface area contributed by atoms with Crippen LogP contribution in [0.3, 0.4) is 0 Å². The molecule has 1 aliphatic rings. The molecule has 72 valence electrons. The monoisotopic (exact) mass is 177 g/mol. The third-order valence-electron chi connectivity index (χ3n) is 1.98. The van der Waals surface area contributed by atoms with Gasteiger partial charge in [-0.3, -0.25) is 0 Å². The first-order valence-corrected chi connectivity index (χ1v) is 4.59. The van der Waals surface area contributed by atoms with E-state index in [1.807, 2.05) is 33.0 Å². The number of hydrogen-bond donors (Lipinski definition) is 0. The molecule has 0 N–H and O–H groups in total. The van der Waals surface area contributed by atoms with Crippen molar-refractivity contribution in [1.82, 2.24) is 4.90 Å². The van der Waals surface area contributed by atoms with E-state index in [1.54, 1.807) is 0 Å². The Morgan fingerprint density at radius 1 is 1.23 bits per heavy atom. The average molecular weight is 177 g/mol. The Hall–Kier alpha value is -1.24. The van der Waals surface area contributed by atoms with E-state index in [0.29, 0.717) is 0 Å². The summed E-state index contributed by atoms with van der Waals surface area (Å²) in [4.78, 5) is 2.09. The third kappa shape index (κ3) is 2.35. The fourth-order valence-electron chi connectivity index (χ4n) is 1.25. The van der Waals surface area contributed by atoms with Crippen LogP contribution in [0.15, 0.2) is 48.7 Å². The standard InChI is InChI=1S/C10H13N.C2H6/c1-5-9-7-11(4)8(3)10(9)6-2;1-2/h5-6H,1-3,7H2,4H3;1-2H3. The molecule has 0 bridgehead atoms. The summed E-state index contributed by atoms with van der Waals surface area (Å²) in [6.45, 7) is 16.3. The summed E-state index contributed by atoms with van der Waals surface area (Å²) in [5.74, 6) is 0. The highest BCUT2D eigenvalue weighted by molar-refractivity contribution is 5.49. The number of allylic oxidation sites excluding steroid dienone is 1. The summed E-state index contributed by atoms with van der Waals surface area (Å²) in [6.07, 6.45) is 3.70. The van der Waals surface area contributed by atoms with Crippen molar-refractivity contribution in [2.24, 2.45) is 0 Å². The Morgan fingerprint density at radius 2 is 1.77 bits per heavy atom. The molecule has 0 aromatic rings. The topological polar surface area (TPSA) is 3.24 Å². The smallest absolute Gasteiger partial charge is 0.0432 e. The first kappa shape index (κ1) is 11.8. The summed E-state index contributed by atoms with van der Waals surface area (Å²) in [6, 6.07) is 0. The fourth-order valence-corrected chi connectivity index (χ4v) is 1.25. The van der Waals surface area contributed by atoms with Crippen LogP contribution >= 0.6 is 0 Å². The molecule has 1 aliphatic heterocycles. The van der Waals surface area contributed by atoms with Gasteiger partial charge >= 0.3 is 0 Å². The van der Waals surface area contributed by atoms with E-state index in [4.69, 9.17) is 0 Å². The van der Waals surface area contributed by atoms with Gasteiger partial charge in [-0.1, -0.05) is 45.7 Å². The first-order valence-electron chi connectivity index (χ1n) is 4.59. The first-order chi connectivity index (χ1) is 6.20. The SMILES string of the molecule is C=CC1=C(C=C)C(=C)N(C)C1.CC. The van der Waals surface area contributed by atoms with Crippen LogP contribution in [0.5, 0.6) is 0 Å². The number of rotatable bonds is 2. The lowest BCUT2D eigenvalue weighted by atomic mass is 10.1. The molecular formula is C12H19N. The average Bonchev–Trinajstić information content (AvgIpc) is 2.46. The van der Waals surface area contributed by atoms with Crippen LogP contribution in [-0.2, 0) is 0 Å². The van der Waals surface area contributed by atoms with Gasteiger partial charge in [0.05, 0.1) is 0 Å². The molecule has 0 radical (unpaired) electrons. The van der Waals surface area contributed by atoms with E-state index in [2.05, 4.69) is 24.6 Å². The molecule has 0 saturated carbocycles. The highest BCUT2D eigenvalue weighted by atomic mass is 15.1. The highest BCUT2D eigenvalue weighted by Crippen LogP contribution is 2.26. The van der Waals surface area contributed by atoms with Crippen molar-refractivity contribution in [3.63, 3.8) is 0 Å². The summed E-state index contributed by atoms with van der Waals surface area (Å²) in [7, 11) is 2.02. The second-order valence-corrected chi connectivity index (χ2v) is 2.65. The van der Waals surface area contributed by atoms with Gasteiger partial charge in [-0.05, 0) is 5.57 Å². The second kappa shape index (κ2) is 5.41. The largest absolute Gasteiger partial charge is 0.370 e. The Morgan fingerprint density at radius 3 is 2.08 bits per heavy atom. The maximum Gasteiger partial charge on any atom is 0.0432 e. The maximum absolute atomic E-state index is 3.93. The molecule has 0 fully saturated rings. The zero-order valence-corrected chi connectivity index (χ0v) is 8.93. The minimum absolute atomic E-state index is 0.906. The van der Waals surface area contributed by atoms with Gasteiger partial charge in [-0.15, -0.1) is 0 Å². The van der Waals surface area contributed by atoms with Gasteiger partial charge in [0.1, 0.15) is 0 Å². The molecule has 0 aliphatic carbocycles. The molecule has 1 heterocycles. The van der Waals surface area contributed by atoms with Crippen molar-refractivity contribution in [3.05, 3.63) is 48.7 Å². The van der Waals surface area contributed by atoms with E-state index >= 15 is 0 Å². The lowest BCUT2D eigenvalue weighted by Crippen LogP contribution is -2.11. The van der Waals surface area contributed by atoms with E-state index in [9.17, 15) is 0 Å². The molecule has 1 rings (SSSR count). The molecule has 13 heavy (non-hydrogen) atoms. The lowest BCUT2D eigenvalue weighted by molar-refractivity contribution is 0.495. The van der Waals surface area contributed by atoms with Crippen LogP contribution in [0, 0.1) is 0 Å². The summed E-state index contributed by atoms with van der Waals surface area (Å²) < 4.78 is 0. The van der Waals surface area contributed by atoms with Crippen molar-refractivity contribution in [3.8, 4) is 0 Å². The summed E-state index contributed by atoms with van der Waals surface area (Å²) in [5, 5.41) is 0. The predicted molar refractivity (Wildman–Crippen MR) is 60.5 cm³/mol. The van der Waals surface area contributed by atoms with Gasteiger partial charge in [0, 0.05) is 24.9 Å². The molecule has 1 nitrogen and oxygen atoms in total. The minimum atomic E-state index is 0.906. The number of nitrogens with zero attached hydrogens (tertiary/aromatic N) is 1. The van der Waals surface area contributed by atoms with Crippen LogP contribution in [0.25, 0.3) is 0 Å². The van der Waals surface area contributed by atoms with Crippen molar-refractivity contribution in [1.29, 1.82) is 0 Å². The maximum atomic E-state index is 3.93.